The quantitative estimate of drug-likeness (QED) is 0.202. The fraction of sp³-hybridized carbons (Fsp3) is 0.633. The number of urea groups is 1. The van der Waals surface area contributed by atoms with Crippen molar-refractivity contribution in [1.29, 1.82) is 0 Å². The highest BCUT2D eigenvalue weighted by molar-refractivity contribution is 6.05. The van der Waals surface area contributed by atoms with Gasteiger partial charge >= 0.3 is 18.0 Å². The van der Waals surface area contributed by atoms with Crippen LogP contribution in [0.1, 0.15) is 73.5 Å². The van der Waals surface area contributed by atoms with Gasteiger partial charge in [-0.3, -0.25) is 9.69 Å². The number of nitrogens with zero attached hydrogens (tertiary/aromatic N) is 2. The third-order valence-electron chi connectivity index (χ3n) is 7.57. The molecule has 40 heavy (non-hydrogen) atoms. The second-order valence-corrected chi connectivity index (χ2v) is 10.2. The van der Waals surface area contributed by atoms with E-state index in [0.29, 0.717) is 61.5 Å². The molecule has 1 saturated heterocycles. The Labute approximate surface area is 237 Å². The number of carbonyl (C=O) groups is 3. The number of ether oxygens (including phenoxy) is 4. The van der Waals surface area contributed by atoms with Crippen molar-refractivity contribution in [2.24, 2.45) is 0 Å². The number of rotatable bonds is 14. The lowest BCUT2D eigenvalue weighted by molar-refractivity contribution is -0.143. The zero-order valence-electron chi connectivity index (χ0n) is 24.7. The predicted octanol–water partition coefficient (Wildman–Crippen LogP) is 4.47. The molecule has 3 rings (SSSR count). The lowest BCUT2D eigenvalue weighted by atomic mass is 9.93. The van der Waals surface area contributed by atoms with Crippen LogP contribution in [-0.2, 0) is 32.0 Å². The highest BCUT2D eigenvalue weighted by Crippen LogP contribution is 2.41. The van der Waals surface area contributed by atoms with Gasteiger partial charge in [0.25, 0.3) is 0 Å². The van der Waals surface area contributed by atoms with Crippen molar-refractivity contribution in [1.82, 2.24) is 9.80 Å². The maximum atomic E-state index is 13.0. The first kappa shape index (κ1) is 31.4. The van der Waals surface area contributed by atoms with Gasteiger partial charge in [0.2, 0.25) is 0 Å². The van der Waals surface area contributed by atoms with Crippen LogP contribution in [-0.4, -0.2) is 87.4 Å². The van der Waals surface area contributed by atoms with Crippen LogP contribution in [0.15, 0.2) is 11.6 Å². The molecular formula is C30H45N3O7. The van der Waals surface area contributed by atoms with Gasteiger partial charge in [0.1, 0.15) is 12.4 Å². The second kappa shape index (κ2) is 15.6. The number of amides is 2. The number of fused-ring (bicyclic) bond motifs is 1. The Morgan fingerprint density at radius 3 is 2.52 bits per heavy atom. The van der Waals surface area contributed by atoms with Gasteiger partial charge in [0.05, 0.1) is 38.2 Å². The number of cyclic esters (lactones) is 1. The normalized spacial score (nSPS) is 15.4. The molecule has 0 aliphatic carbocycles. The summed E-state index contributed by atoms with van der Waals surface area (Å²) in [4.78, 5) is 42.0. The molecule has 222 valence electrons. The van der Waals surface area contributed by atoms with Crippen molar-refractivity contribution < 1.29 is 33.3 Å². The number of anilines is 1. The highest BCUT2D eigenvalue weighted by Gasteiger charge is 2.33. The third-order valence-corrected chi connectivity index (χ3v) is 7.57. The molecule has 2 heterocycles. The Morgan fingerprint density at radius 1 is 1.12 bits per heavy atom. The number of morpholine rings is 1. The lowest BCUT2D eigenvalue weighted by Crippen LogP contribution is -2.36. The van der Waals surface area contributed by atoms with Crippen molar-refractivity contribution in [3.8, 4) is 5.75 Å². The molecule has 0 radical (unpaired) electrons. The summed E-state index contributed by atoms with van der Waals surface area (Å²) in [6.45, 7) is 13.8. The standard InChI is InChI=1S/C30H45N3O7/c1-6-33(7-2)30(36)31-27-23(28(37-5)22(4)24-20-40-29(35)26(24)27)12-10-21(3)11-13-25(34)39-17-9-8-14-32-15-18-38-19-16-32/h10H,6-9,11-20H2,1-5H3,(H,31,36)/b21-10+. The lowest BCUT2D eigenvalue weighted by Gasteiger charge is -2.26. The summed E-state index contributed by atoms with van der Waals surface area (Å²) in [6, 6.07) is -0.285. The van der Waals surface area contributed by atoms with Crippen LogP contribution in [0.4, 0.5) is 10.5 Å². The van der Waals surface area contributed by atoms with E-state index in [1.807, 2.05) is 33.8 Å². The number of unbranched alkanes of at least 4 members (excludes halogenated alkanes) is 1. The van der Waals surface area contributed by atoms with Gasteiger partial charge in [-0.25, -0.2) is 9.59 Å². The largest absolute Gasteiger partial charge is 0.496 e. The molecule has 2 amide bonds. The van der Waals surface area contributed by atoms with Crippen molar-refractivity contribution in [2.45, 2.75) is 66.4 Å². The first-order valence-corrected chi connectivity index (χ1v) is 14.4. The van der Waals surface area contributed by atoms with Crippen molar-refractivity contribution >= 4 is 23.7 Å². The molecule has 2 aliphatic rings. The maximum Gasteiger partial charge on any atom is 0.341 e. The van der Waals surface area contributed by atoms with Gasteiger partial charge < -0.3 is 29.2 Å². The topological polar surface area (TPSA) is 107 Å². The molecule has 1 aromatic carbocycles. The van der Waals surface area contributed by atoms with E-state index in [1.54, 1.807) is 12.0 Å². The van der Waals surface area contributed by atoms with Crippen molar-refractivity contribution in [2.75, 3.05) is 65.0 Å². The summed E-state index contributed by atoms with van der Waals surface area (Å²) in [5.74, 6) is -0.0438. The first-order valence-electron chi connectivity index (χ1n) is 14.4. The van der Waals surface area contributed by atoms with Crippen LogP contribution < -0.4 is 10.1 Å². The Balaban J connectivity index is 1.62. The second-order valence-electron chi connectivity index (χ2n) is 10.2. The number of carbonyl (C=O) groups excluding carboxylic acids is 3. The van der Waals surface area contributed by atoms with Gasteiger partial charge in [-0.1, -0.05) is 11.6 Å². The van der Waals surface area contributed by atoms with Crippen LogP contribution in [0.5, 0.6) is 5.75 Å². The summed E-state index contributed by atoms with van der Waals surface area (Å²) in [6.07, 6.45) is 5.12. The zero-order chi connectivity index (χ0) is 29.1. The fourth-order valence-electron chi connectivity index (χ4n) is 5.09. The van der Waals surface area contributed by atoms with E-state index in [-0.39, 0.29) is 18.6 Å². The van der Waals surface area contributed by atoms with E-state index in [2.05, 4.69) is 10.2 Å². The van der Waals surface area contributed by atoms with Crippen LogP contribution in [0, 0.1) is 6.92 Å². The monoisotopic (exact) mass is 559 g/mol. The number of allylic oxidation sites excluding steroid dienone is 2. The molecule has 0 saturated carbocycles. The minimum absolute atomic E-state index is 0.148. The van der Waals surface area contributed by atoms with E-state index in [9.17, 15) is 14.4 Å². The summed E-state index contributed by atoms with van der Waals surface area (Å²) in [5.41, 5.74) is 4.08. The minimum Gasteiger partial charge on any atom is -0.496 e. The van der Waals surface area contributed by atoms with Crippen LogP contribution in [0.25, 0.3) is 0 Å². The molecule has 1 aromatic rings. The van der Waals surface area contributed by atoms with Gasteiger partial charge in [-0.2, -0.15) is 0 Å². The molecule has 0 atom stereocenters. The van der Waals surface area contributed by atoms with E-state index >= 15 is 0 Å². The Hall–Kier alpha value is -3.11. The molecule has 10 heteroatoms. The summed E-state index contributed by atoms with van der Waals surface area (Å²) < 4.78 is 21.9. The van der Waals surface area contributed by atoms with E-state index < -0.39 is 5.97 Å². The van der Waals surface area contributed by atoms with Crippen LogP contribution in [0.3, 0.4) is 0 Å². The van der Waals surface area contributed by atoms with Gasteiger partial charge in [-0.05, 0) is 65.5 Å². The number of hydrogen-bond donors (Lipinski definition) is 1. The molecule has 1 N–H and O–H groups in total. The smallest absolute Gasteiger partial charge is 0.341 e. The summed E-state index contributed by atoms with van der Waals surface area (Å²) in [5, 5.41) is 2.97. The summed E-state index contributed by atoms with van der Waals surface area (Å²) in [7, 11) is 1.58. The molecule has 10 nitrogen and oxygen atoms in total. The van der Waals surface area contributed by atoms with E-state index in [0.717, 1.165) is 62.4 Å². The molecule has 1 fully saturated rings. The number of esters is 2. The zero-order valence-corrected chi connectivity index (χ0v) is 24.7. The highest BCUT2D eigenvalue weighted by atomic mass is 16.5. The molecule has 2 aliphatic heterocycles. The maximum absolute atomic E-state index is 13.0. The average Bonchev–Trinajstić information content (AvgIpc) is 3.35. The van der Waals surface area contributed by atoms with Gasteiger partial charge in [0, 0.05) is 43.7 Å². The molecule has 0 spiro atoms. The van der Waals surface area contributed by atoms with Crippen molar-refractivity contribution in [3.05, 3.63) is 33.9 Å². The van der Waals surface area contributed by atoms with Gasteiger partial charge in [-0.15, -0.1) is 0 Å². The molecule has 0 unspecified atom stereocenters. The first-order chi connectivity index (χ1) is 19.3. The molecular weight excluding hydrogens is 514 g/mol. The van der Waals surface area contributed by atoms with Crippen LogP contribution in [0.2, 0.25) is 0 Å². The number of nitrogens with one attached hydrogen (secondary N) is 1. The molecule has 0 bridgehead atoms. The Kier molecular flexibility index (Phi) is 12.3. The predicted molar refractivity (Wildman–Crippen MR) is 153 cm³/mol. The summed E-state index contributed by atoms with van der Waals surface area (Å²) >= 11 is 0. The number of hydrogen-bond acceptors (Lipinski definition) is 8. The van der Waals surface area contributed by atoms with E-state index in [1.165, 1.54) is 0 Å². The van der Waals surface area contributed by atoms with Crippen molar-refractivity contribution in [3.63, 3.8) is 0 Å². The fourth-order valence-corrected chi connectivity index (χ4v) is 5.09. The minimum atomic E-state index is -0.453. The Morgan fingerprint density at radius 2 is 1.85 bits per heavy atom. The SMILES string of the molecule is CCN(CC)C(=O)Nc1c(C/C=C(\C)CCC(=O)OCCCCN2CCOCC2)c(OC)c(C)c2c1C(=O)OC2. The molecule has 0 aromatic heterocycles. The number of benzene rings is 1. The van der Waals surface area contributed by atoms with Gasteiger partial charge in [0.15, 0.2) is 0 Å². The van der Waals surface area contributed by atoms with E-state index in [4.69, 9.17) is 18.9 Å². The Bertz CT molecular complexity index is 1080. The van der Waals surface area contributed by atoms with Crippen LogP contribution >= 0.6 is 0 Å². The average molecular weight is 560 g/mol. The number of methoxy groups -OCH3 is 1. The third kappa shape index (κ3) is 8.20.